The topological polar surface area (TPSA) is 44.2 Å². The summed E-state index contributed by atoms with van der Waals surface area (Å²) in [5.74, 6) is 2.10. The summed E-state index contributed by atoms with van der Waals surface area (Å²) in [5.41, 5.74) is 2.12. The predicted octanol–water partition coefficient (Wildman–Crippen LogP) is 5.92. The molecule has 0 saturated heterocycles. The fraction of sp³-hybridized carbons (Fsp3) is 0.0526. The van der Waals surface area contributed by atoms with E-state index in [1.807, 2.05) is 48.5 Å². The first-order chi connectivity index (χ1) is 12.2. The summed E-state index contributed by atoms with van der Waals surface area (Å²) in [5, 5.41) is 2.99. The molecule has 0 radical (unpaired) electrons. The van der Waals surface area contributed by atoms with Gasteiger partial charge in [-0.25, -0.2) is 9.97 Å². The number of aromatic nitrogens is 2. The molecule has 0 spiro atoms. The fourth-order valence-corrected chi connectivity index (χ4v) is 3.83. The highest BCUT2D eigenvalue weighted by Crippen LogP contribution is 2.39. The van der Waals surface area contributed by atoms with E-state index in [1.54, 1.807) is 18.4 Å². The molecule has 0 aliphatic rings. The molecule has 0 fully saturated rings. The van der Waals surface area contributed by atoms with Crippen molar-refractivity contribution in [3.63, 3.8) is 0 Å². The van der Waals surface area contributed by atoms with Gasteiger partial charge in [0.1, 0.15) is 22.7 Å². The number of nitrogens with zero attached hydrogens (tertiary/aromatic N) is 2. The number of thiophene rings is 1. The van der Waals surface area contributed by atoms with Gasteiger partial charge in [-0.05, 0) is 35.9 Å². The van der Waals surface area contributed by atoms with Crippen LogP contribution in [0.25, 0.3) is 21.3 Å². The van der Waals surface area contributed by atoms with Crippen LogP contribution in [0.1, 0.15) is 0 Å². The Kier molecular flexibility index (Phi) is 4.38. The van der Waals surface area contributed by atoms with E-state index in [0.717, 1.165) is 37.3 Å². The van der Waals surface area contributed by atoms with Crippen LogP contribution in [0.3, 0.4) is 0 Å². The number of rotatable bonds is 4. The van der Waals surface area contributed by atoms with Gasteiger partial charge in [0.15, 0.2) is 0 Å². The van der Waals surface area contributed by atoms with Gasteiger partial charge in [0.2, 0.25) is 5.88 Å². The maximum Gasteiger partial charge on any atom is 0.231 e. The second kappa shape index (κ2) is 6.82. The summed E-state index contributed by atoms with van der Waals surface area (Å²) in [7, 11) is 1.66. The zero-order chi connectivity index (χ0) is 17.2. The fourth-order valence-electron chi connectivity index (χ4n) is 2.55. The van der Waals surface area contributed by atoms with Crippen LogP contribution >= 0.6 is 27.3 Å². The Morgan fingerprint density at radius 2 is 1.84 bits per heavy atom. The Labute approximate surface area is 157 Å². The first-order valence-corrected chi connectivity index (χ1v) is 9.22. The number of hydrogen-bond acceptors (Lipinski definition) is 5. The van der Waals surface area contributed by atoms with Crippen molar-refractivity contribution in [2.45, 2.75) is 0 Å². The van der Waals surface area contributed by atoms with E-state index in [-0.39, 0.29) is 0 Å². The molecule has 0 atom stereocenters. The lowest BCUT2D eigenvalue weighted by Gasteiger charge is -2.08. The Morgan fingerprint density at radius 1 is 1.00 bits per heavy atom. The molecule has 4 aromatic rings. The van der Waals surface area contributed by atoms with Crippen molar-refractivity contribution < 1.29 is 9.47 Å². The smallest absolute Gasteiger partial charge is 0.231 e. The summed E-state index contributed by atoms with van der Waals surface area (Å²) in [6.07, 6.45) is 1.53. The molecule has 0 amide bonds. The number of methoxy groups -OCH3 is 1. The van der Waals surface area contributed by atoms with Crippen LogP contribution in [-0.2, 0) is 0 Å². The summed E-state index contributed by atoms with van der Waals surface area (Å²) in [4.78, 5) is 9.63. The van der Waals surface area contributed by atoms with Crippen LogP contribution in [0.15, 0.2) is 64.7 Å². The van der Waals surface area contributed by atoms with Crippen LogP contribution in [0.5, 0.6) is 17.4 Å². The molecule has 2 aromatic heterocycles. The van der Waals surface area contributed by atoms with Gasteiger partial charge in [-0.2, -0.15) is 0 Å². The highest BCUT2D eigenvalue weighted by atomic mass is 79.9. The third-order valence-corrected chi connectivity index (χ3v) is 5.13. The second-order valence-electron chi connectivity index (χ2n) is 5.30. The third-order valence-electron chi connectivity index (χ3n) is 3.75. The molecular weight excluding hydrogens is 400 g/mol. The van der Waals surface area contributed by atoms with Crippen molar-refractivity contribution in [1.82, 2.24) is 9.97 Å². The van der Waals surface area contributed by atoms with Crippen molar-refractivity contribution in [1.29, 1.82) is 0 Å². The Morgan fingerprint density at radius 3 is 2.60 bits per heavy atom. The minimum atomic E-state index is 0.551. The van der Waals surface area contributed by atoms with E-state index in [2.05, 4.69) is 31.3 Å². The van der Waals surface area contributed by atoms with E-state index in [9.17, 15) is 0 Å². The molecule has 0 bridgehead atoms. The van der Waals surface area contributed by atoms with Gasteiger partial charge in [0.05, 0.1) is 12.5 Å². The molecule has 2 aromatic carbocycles. The minimum Gasteiger partial charge on any atom is -0.497 e. The molecule has 0 aliphatic heterocycles. The summed E-state index contributed by atoms with van der Waals surface area (Å²) < 4.78 is 12.2. The van der Waals surface area contributed by atoms with Gasteiger partial charge < -0.3 is 9.47 Å². The summed E-state index contributed by atoms with van der Waals surface area (Å²) >= 11 is 5.03. The number of benzene rings is 2. The summed E-state index contributed by atoms with van der Waals surface area (Å²) in [6.45, 7) is 0. The predicted molar refractivity (Wildman–Crippen MR) is 104 cm³/mol. The largest absolute Gasteiger partial charge is 0.497 e. The highest BCUT2D eigenvalue weighted by molar-refractivity contribution is 9.10. The van der Waals surface area contributed by atoms with Crippen LogP contribution in [0.2, 0.25) is 0 Å². The molecule has 124 valence electrons. The van der Waals surface area contributed by atoms with Crippen molar-refractivity contribution in [3.05, 3.63) is 64.7 Å². The second-order valence-corrected chi connectivity index (χ2v) is 7.07. The van der Waals surface area contributed by atoms with E-state index < -0.39 is 0 Å². The number of fused-ring (bicyclic) bond motifs is 1. The lowest BCUT2D eigenvalue weighted by atomic mass is 10.1. The summed E-state index contributed by atoms with van der Waals surface area (Å²) in [6, 6.07) is 15.6. The molecule has 0 saturated carbocycles. The quantitative estimate of drug-likeness (QED) is 0.417. The molecule has 4 rings (SSSR count). The SMILES string of the molecule is COc1ccc(-c2csc3ncnc(Oc4cccc(Br)c4)c23)cc1. The number of ether oxygens (including phenoxy) is 2. The molecule has 0 N–H and O–H groups in total. The standard InChI is InChI=1S/C19H13BrN2O2S/c1-23-14-7-5-12(6-8-14)16-10-25-19-17(16)18(21-11-22-19)24-15-4-2-3-13(20)9-15/h2-11H,1H3. The highest BCUT2D eigenvalue weighted by Gasteiger charge is 2.15. The van der Waals surface area contributed by atoms with E-state index in [4.69, 9.17) is 9.47 Å². The third kappa shape index (κ3) is 3.23. The Balaban J connectivity index is 1.81. The maximum atomic E-state index is 6.04. The van der Waals surface area contributed by atoms with Crippen LogP contribution in [0, 0.1) is 0 Å². The van der Waals surface area contributed by atoms with E-state index >= 15 is 0 Å². The lowest BCUT2D eigenvalue weighted by Crippen LogP contribution is -1.91. The molecule has 6 heteroatoms. The zero-order valence-electron chi connectivity index (χ0n) is 13.3. The monoisotopic (exact) mass is 412 g/mol. The van der Waals surface area contributed by atoms with Crippen LogP contribution in [0.4, 0.5) is 0 Å². The van der Waals surface area contributed by atoms with Crippen molar-refractivity contribution in [2.24, 2.45) is 0 Å². The van der Waals surface area contributed by atoms with Gasteiger partial charge in [0, 0.05) is 15.4 Å². The maximum absolute atomic E-state index is 6.04. The molecular formula is C19H13BrN2O2S. The molecule has 4 nitrogen and oxygen atoms in total. The van der Waals surface area contributed by atoms with Crippen molar-refractivity contribution in [2.75, 3.05) is 7.11 Å². The average Bonchev–Trinajstić information content (AvgIpc) is 3.07. The van der Waals surface area contributed by atoms with Crippen molar-refractivity contribution in [3.8, 4) is 28.5 Å². The van der Waals surface area contributed by atoms with Crippen LogP contribution < -0.4 is 9.47 Å². The molecule has 25 heavy (non-hydrogen) atoms. The van der Waals surface area contributed by atoms with Gasteiger partial charge in [-0.3, -0.25) is 0 Å². The van der Waals surface area contributed by atoms with E-state index in [1.165, 1.54) is 6.33 Å². The van der Waals surface area contributed by atoms with Gasteiger partial charge in [-0.15, -0.1) is 11.3 Å². The zero-order valence-corrected chi connectivity index (χ0v) is 15.7. The van der Waals surface area contributed by atoms with E-state index in [0.29, 0.717) is 5.88 Å². The number of hydrogen-bond donors (Lipinski definition) is 0. The lowest BCUT2D eigenvalue weighted by molar-refractivity contribution is 0.415. The first-order valence-electron chi connectivity index (χ1n) is 7.54. The minimum absolute atomic E-state index is 0.551. The average molecular weight is 413 g/mol. The Bertz CT molecular complexity index is 1030. The molecule has 0 unspecified atom stereocenters. The molecule has 2 heterocycles. The number of halogens is 1. The molecule has 0 aliphatic carbocycles. The Hall–Kier alpha value is -2.44. The van der Waals surface area contributed by atoms with Gasteiger partial charge in [0.25, 0.3) is 0 Å². The first kappa shape index (κ1) is 16.1. The van der Waals surface area contributed by atoms with Gasteiger partial charge >= 0.3 is 0 Å². The van der Waals surface area contributed by atoms with Gasteiger partial charge in [-0.1, -0.05) is 34.1 Å². The van der Waals surface area contributed by atoms with Crippen molar-refractivity contribution >= 4 is 37.5 Å². The normalized spacial score (nSPS) is 10.8. The van der Waals surface area contributed by atoms with Crippen LogP contribution in [-0.4, -0.2) is 17.1 Å².